The van der Waals surface area contributed by atoms with Crippen LogP contribution in [0.3, 0.4) is 0 Å². The minimum atomic E-state index is -3.23. The summed E-state index contributed by atoms with van der Waals surface area (Å²) >= 11 is 0. The Bertz CT molecular complexity index is 1150. The second-order valence-corrected chi connectivity index (χ2v) is 10.4. The maximum atomic E-state index is 13.7. The van der Waals surface area contributed by atoms with Crippen LogP contribution in [0, 0.1) is 0 Å². The van der Waals surface area contributed by atoms with Gasteiger partial charge in [0.25, 0.3) is 5.91 Å². The molecule has 7 nitrogen and oxygen atoms in total. The predicted octanol–water partition coefficient (Wildman–Crippen LogP) is 3.80. The van der Waals surface area contributed by atoms with Gasteiger partial charge in [-0.05, 0) is 30.9 Å². The second kappa shape index (κ2) is 9.83. The number of para-hydroxylation sites is 1. The highest BCUT2D eigenvalue weighted by Gasteiger charge is 2.33. The molecule has 0 radical (unpaired) electrons. The Balaban J connectivity index is 1.56. The van der Waals surface area contributed by atoms with Crippen molar-refractivity contribution in [2.24, 2.45) is 0 Å². The zero-order valence-corrected chi connectivity index (χ0v) is 19.2. The number of H-pyrrole nitrogens is 1. The summed E-state index contributed by atoms with van der Waals surface area (Å²) in [5, 5.41) is 8.07. The molecular weight excluding hydrogens is 424 g/mol. The van der Waals surface area contributed by atoms with E-state index in [0.717, 1.165) is 22.9 Å². The summed E-state index contributed by atoms with van der Waals surface area (Å²) in [5.41, 5.74) is 2.28. The summed E-state index contributed by atoms with van der Waals surface area (Å²) < 4.78 is 26.8. The first kappa shape index (κ1) is 22.5. The first-order valence-corrected chi connectivity index (χ1v) is 12.9. The van der Waals surface area contributed by atoms with Crippen molar-refractivity contribution in [1.82, 2.24) is 19.4 Å². The molecule has 1 fully saturated rings. The van der Waals surface area contributed by atoms with Crippen LogP contribution in [0.25, 0.3) is 10.9 Å². The number of aromatic nitrogens is 2. The van der Waals surface area contributed by atoms with Crippen LogP contribution < -0.4 is 0 Å². The molecule has 1 saturated heterocycles. The maximum Gasteiger partial charge on any atom is 0.275 e. The molecule has 4 rings (SSSR count). The summed E-state index contributed by atoms with van der Waals surface area (Å²) in [4.78, 5) is 15.5. The summed E-state index contributed by atoms with van der Waals surface area (Å²) in [7, 11) is -3.23. The molecule has 0 saturated carbocycles. The fraction of sp³-hybridized carbons (Fsp3) is 0.417. The standard InChI is InChI=1S/C24H30N4O3S/c1-2-3-17-32(30,31)27-15-13-20(14-16-27)28(18-19-9-5-4-6-10-19)24(29)23-21-11-7-8-12-22(21)25-26-23/h4-12,20H,2-3,13-18H2,1H3,(H,25,26). The molecule has 2 aromatic carbocycles. The van der Waals surface area contributed by atoms with Gasteiger partial charge in [-0.15, -0.1) is 0 Å². The number of aromatic amines is 1. The molecule has 0 atom stereocenters. The largest absolute Gasteiger partial charge is 0.330 e. The van der Waals surface area contributed by atoms with Crippen molar-refractivity contribution >= 4 is 26.8 Å². The highest BCUT2D eigenvalue weighted by molar-refractivity contribution is 7.89. The van der Waals surface area contributed by atoms with Gasteiger partial charge in [0, 0.05) is 31.1 Å². The van der Waals surface area contributed by atoms with Crippen molar-refractivity contribution < 1.29 is 13.2 Å². The monoisotopic (exact) mass is 454 g/mol. The number of benzene rings is 2. The number of piperidine rings is 1. The van der Waals surface area contributed by atoms with Crippen LogP contribution in [-0.2, 0) is 16.6 Å². The van der Waals surface area contributed by atoms with E-state index in [0.29, 0.717) is 44.6 Å². The predicted molar refractivity (Wildman–Crippen MR) is 126 cm³/mol. The highest BCUT2D eigenvalue weighted by Crippen LogP contribution is 2.25. The fourth-order valence-electron chi connectivity index (χ4n) is 4.30. The molecule has 8 heteroatoms. The maximum absolute atomic E-state index is 13.7. The van der Waals surface area contributed by atoms with Gasteiger partial charge in [0.15, 0.2) is 5.69 Å². The Morgan fingerprint density at radius 1 is 1.09 bits per heavy atom. The van der Waals surface area contributed by atoms with E-state index in [1.807, 2.05) is 66.4 Å². The van der Waals surface area contributed by atoms with Crippen molar-refractivity contribution in [3.63, 3.8) is 0 Å². The zero-order valence-electron chi connectivity index (χ0n) is 18.4. The Morgan fingerprint density at radius 2 is 1.78 bits per heavy atom. The molecule has 0 bridgehead atoms. The Labute approximate surface area is 189 Å². The van der Waals surface area contributed by atoms with Gasteiger partial charge in [0.05, 0.1) is 11.3 Å². The van der Waals surface area contributed by atoms with E-state index in [2.05, 4.69) is 10.2 Å². The van der Waals surface area contributed by atoms with Crippen LogP contribution in [0.4, 0.5) is 0 Å². The molecule has 1 amide bonds. The number of sulfonamides is 1. The number of hydrogen-bond acceptors (Lipinski definition) is 4. The van der Waals surface area contributed by atoms with E-state index in [4.69, 9.17) is 0 Å². The second-order valence-electron chi connectivity index (χ2n) is 8.34. The summed E-state index contributed by atoms with van der Waals surface area (Å²) in [6.07, 6.45) is 2.76. The van der Waals surface area contributed by atoms with E-state index in [1.165, 1.54) is 0 Å². The zero-order chi connectivity index (χ0) is 22.6. The number of rotatable bonds is 8. The molecule has 1 N–H and O–H groups in total. The molecule has 170 valence electrons. The van der Waals surface area contributed by atoms with E-state index >= 15 is 0 Å². The average Bonchev–Trinajstić information content (AvgIpc) is 3.26. The van der Waals surface area contributed by atoms with Gasteiger partial charge in [0.2, 0.25) is 10.0 Å². The van der Waals surface area contributed by atoms with Crippen LogP contribution in [0.1, 0.15) is 48.7 Å². The van der Waals surface area contributed by atoms with E-state index in [1.54, 1.807) is 4.31 Å². The molecule has 2 heterocycles. The van der Waals surface area contributed by atoms with Gasteiger partial charge in [-0.25, -0.2) is 12.7 Å². The van der Waals surface area contributed by atoms with E-state index in [-0.39, 0.29) is 17.7 Å². The molecule has 32 heavy (non-hydrogen) atoms. The van der Waals surface area contributed by atoms with Gasteiger partial charge in [0.1, 0.15) is 0 Å². The van der Waals surface area contributed by atoms with Crippen LogP contribution in [0.15, 0.2) is 54.6 Å². The normalized spacial score (nSPS) is 15.8. The number of carbonyl (C=O) groups excluding carboxylic acids is 1. The van der Waals surface area contributed by atoms with Gasteiger partial charge in [-0.1, -0.05) is 61.9 Å². The lowest BCUT2D eigenvalue weighted by Gasteiger charge is -2.38. The summed E-state index contributed by atoms with van der Waals surface area (Å²) in [6.45, 7) is 3.34. The van der Waals surface area contributed by atoms with Gasteiger partial charge in [-0.2, -0.15) is 5.10 Å². The molecular formula is C24H30N4O3S. The number of carbonyl (C=O) groups is 1. The Morgan fingerprint density at radius 3 is 2.50 bits per heavy atom. The van der Waals surface area contributed by atoms with Crippen LogP contribution in [0.5, 0.6) is 0 Å². The molecule has 0 spiro atoms. The number of nitrogens with zero attached hydrogens (tertiary/aromatic N) is 3. The van der Waals surface area contributed by atoms with Gasteiger partial charge < -0.3 is 4.90 Å². The molecule has 1 aromatic heterocycles. The fourth-order valence-corrected chi connectivity index (χ4v) is 5.98. The lowest BCUT2D eigenvalue weighted by atomic mass is 10.0. The number of hydrogen-bond donors (Lipinski definition) is 1. The molecule has 0 aliphatic carbocycles. The van der Waals surface area contributed by atoms with Crippen molar-refractivity contribution in [2.75, 3.05) is 18.8 Å². The van der Waals surface area contributed by atoms with Crippen molar-refractivity contribution in [3.05, 3.63) is 65.9 Å². The molecule has 3 aromatic rings. The minimum absolute atomic E-state index is 0.0456. The van der Waals surface area contributed by atoms with Crippen molar-refractivity contribution in [2.45, 2.75) is 45.2 Å². The average molecular weight is 455 g/mol. The summed E-state index contributed by atoms with van der Waals surface area (Å²) in [5.74, 6) is 0.0682. The lowest BCUT2D eigenvalue weighted by molar-refractivity contribution is 0.0592. The number of nitrogens with one attached hydrogen (secondary N) is 1. The van der Waals surface area contributed by atoms with Crippen LogP contribution >= 0.6 is 0 Å². The Hall–Kier alpha value is -2.71. The highest BCUT2D eigenvalue weighted by atomic mass is 32.2. The third-order valence-corrected chi connectivity index (χ3v) is 8.10. The third kappa shape index (κ3) is 4.86. The molecule has 0 unspecified atom stereocenters. The van der Waals surface area contributed by atoms with Crippen molar-refractivity contribution in [3.8, 4) is 0 Å². The van der Waals surface area contributed by atoms with E-state index in [9.17, 15) is 13.2 Å². The van der Waals surface area contributed by atoms with E-state index < -0.39 is 10.0 Å². The first-order chi connectivity index (χ1) is 15.5. The third-order valence-electron chi connectivity index (χ3n) is 6.14. The van der Waals surface area contributed by atoms with Crippen molar-refractivity contribution in [1.29, 1.82) is 0 Å². The minimum Gasteiger partial charge on any atom is -0.330 e. The number of amides is 1. The quantitative estimate of drug-likeness (QED) is 0.561. The summed E-state index contributed by atoms with van der Waals surface area (Å²) in [6, 6.07) is 17.5. The smallest absolute Gasteiger partial charge is 0.275 e. The molecule has 1 aliphatic rings. The topological polar surface area (TPSA) is 86.4 Å². The Kier molecular flexibility index (Phi) is 6.91. The van der Waals surface area contributed by atoms with Crippen LogP contribution in [0.2, 0.25) is 0 Å². The van der Waals surface area contributed by atoms with Gasteiger partial charge >= 0.3 is 0 Å². The van der Waals surface area contributed by atoms with Crippen LogP contribution in [-0.4, -0.2) is 58.6 Å². The molecule has 1 aliphatic heterocycles. The lowest BCUT2D eigenvalue weighted by Crippen LogP contribution is -2.49. The first-order valence-electron chi connectivity index (χ1n) is 11.3. The number of fused-ring (bicyclic) bond motifs is 1. The van der Waals surface area contributed by atoms with Gasteiger partial charge in [-0.3, -0.25) is 9.89 Å². The number of unbranched alkanes of at least 4 members (excludes halogenated alkanes) is 1. The SMILES string of the molecule is CCCCS(=O)(=O)N1CCC(N(Cc2ccccc2)C(=O)c2n[nH]c3ccccc23)CC1.